The molecule has 0 aliphatic heterocycles. The van der Waals surface area contributed by atoms with Crippen molar-refractivity contribution in [1.82, 2.24) is 15.5 Å². The summed E-state index contributed by atoms with van der Waals surface area (Å²) >= 11 is 2.83. The molecule has 1 heterocycles. The number of hydrogen-bond donors (Lipinski definition) is 1. The van der Waals surface area contributed by atoms with E-state index in [4.69, 9.17) is 4.74 Å². The Morgan fingerprint density at radius 3 is 3.05 bits per heavy atom. The minimum atomic E-state index is 0.0000907. The van der Waals surface area contributed by atoms with Gasteiger partial charge in [-0.2, -0.15) is 0 Å². The predicted octanol–water partition coefficient (Wildman–Crippen LogP) is 2.00. The predicted molar refractivity (Wildman–Crippen MR) is 80.3 cm³/mol. The maximum Gasteiger partial charge on any atom is 0.230 e. The average molecular weight is 309 g/mol. The summed E-state index contributed by atoms with van der Waals surface area (Å²) in [5, 5.41) is 10.5. The molecule has 1 aromatic carbocycles. The topological polar surface area (TPSA) is 64.1 Å². The number of ether oxygens (including phenoxy) is 1. The number of carbonyl (C=O) groups is 1. The van der Waals surface area contributed by atoms with E-state index < -0.39 is 0 Å². The molecule has 2 aromatic rings. The average Bonchev–Trinajstić information content (AvgIpc) is 2.99. The van der Waals surface area contributed by atoms with Crippen molar-refractivity contribution >= 4 is 29.0 Å². The molecule has 7 heteroatoms. The third kappa shape index (κ3) is 4.50. The summed E-state index contributed by atoms with van der Waals surface area (Å²) in [5.41, 5.74) is 2.74. The van der Waals surface area contributed by atoms with Crippen molar-refractivity contribution in [3.8, 4) is 5.75 Å². The number of hydrogen-bond acceptors (Lipinski definition) is 6. The molecule has 20 heavy (non-hydrogen) atoms. The number of amides is 1. The standard InChI is InChI=1S/C13H15N3O2S2/c1-18-11-5-3-2-4-10(11)6-7-14-12(17)8-19-13-16-15-9-20-13/h2-5,9H,6-8H2,1H3,(H,14,17). The van der Waals surface area contributed by atoms with Crippen molar-refractivity contribution in [2.45, 2.75) is 10.8 Å². The molecule has 0 atom stereocenters. The number of aromatic nitrogens is 2. The van der Waals surface area contributed by atoms with Gasteiger partial charge in [-0.3, -0.25) is 4.79 Å². The molecule has 1 amide bonds. The van der Waals surface area contributed by atoms with Gasteiger partial charge in [-0.15, -0.1) is 10.2 Å². The van der Waals surface area contributed by atoms with Crippen LogP contribution >= 0.6 is 23.1 Å². The van der Waals surface area contributed by atoms with E-state index in [1.165, 1.54) is 23.1 Å². The van der Waals surface area contributed by atoms with Crippen LogP contribution in [0.2, 0.25) is 0 Å². The third-order valence-electron chi connectivity index (χ3n) is 2.58. The van der Waals surface area contributed by atoms with Crippen LogP contribution in [0.1, 0.15) is 5.56 Å². The highest BCUT2D eigenvalue weighted by atomic mass is 32.2. The van der Waals surface area contributed by atoms with E-state index in [2.05, 4.69) is 15.5 Å². The quantitative estimate of drug-likeness (QED) is 0.793. The molecule has 1 aromatic heterocycles. The molecule has 0 unspecified atom stereocenters. The lowest BCUT2D eigenvalue weighted by Gasteiger charge is -2.08. The number of benzene rings is 1. The molecule has 0 aliphatic carbocycles. The van der Waals surface area contributed by atoms with Gasteiger partial charge in [-0.25, -0.2) is 0 Å². The molecule has 0 bridgehead atoms. The molecule has 0 saturated heterocycles. The lowest BCUT2D eigenvalue weighted by atomic mass is 10.1. The first-order valence-electron chi connectivity index (χ1n) is 6.07. The summed E-state index contributed by atoms with van der Waals surface area (Å²) in [6, 6.07) is 7.81. The van der Waals surface area contributed by atoms with E-state index in [1.807, 2.05) is 24.3 Å². The maximum absolute atomic E-state index is 11.7. The normalized spacial score (nSPS) is 10.2. The Morgan fingerprint density at radius 1 is 1.45 bits per heavy atom. The zero-order valence-corrected chi connectivity index (χ0v) is 12.7. The SMILES string of the molecule is COc1ccccc1CCNC(=O)CSc1nncs1. The van der Waals surface area contributed by atoms with Crippen molar-refractivity contribution in [3.05, 3.63) is 35.3 Å². The molecular weight excluding hydrogens is 294 g/mol. The second-order valence-electron chi connectivity index (χ2n) is 3.91. The number of rotatable bonds is 7. The van der Waals surface area contributed by atoms with Gasteiger partial charge < -0.3 is 10.1 Å². The fourth-order valence-corrected chi connectivity index (χ4v) is 2.97. The Hall–Kier alpha value is -1.60. The summed E-state index contributed by atoms with van der Waals surface area (Å²) in [6.07, 6.45) is 0.749. The van der Waals surface area contributed by atoms with Crippen molar-refractivity contribution < 1.29 is 9.53 Å². The van der Waals surface area contributed by atoms with Gasteiger partial charge in [0, 0.05) is 6.54 Å². The summed E-state index contributed by atoms with van der Waals surface area (Å²) in [7, 11) is 1.65. The third-order valence-corrected chi connectivity index (χ3v) is 4.44. The monoisotopic (exact) mass is 309 g/mol. The Balaban J connectivity index is 1.71. The van der Waals surface area contributed by atoms with Crippen molar-refractivity contribution in [2.75, 3.05) is 19.4 Å². The molecular formula is C13H15N3O2S2. The first-order valence-corrected chi connectivity index (χ1v) is 7.93. The van der Waals surface area contributed by atoms with Crippen LogP contribution in [-0.2, 0) is 11.2 Å². The first kappa shape index (κ1) is 14.8. The van der Waals surface area contributed by atoms with Gasteiger partial charge in [-0.05, 0) is 18.1 Å². The van der Waals surface area contributed by atoms with Crippen LogP contribution in [0.25, 0.3) is 0 Å². The number of nitrogens with one attached hydrogen (secondary N) is 1. The van der Waals surface area contributed by atoms with E-state index in [9.17, 15) is 4.79 Å². The number of thioether (sulfide) groups is 1. The Bertz CT molecular complexity index is 546. The second kappa shape index (κ2) is 7.86. The van der Waals surface area contributed by atoms with Crippen molar-refractivity contribution in [3.63, 3.8) is 0 Å². The van der Waals surface area contributed by atoms with E-state index in [1.54, 1.807) is 12.6 Å². The van der Waals surface area contributed by atoms with Gasteiger partial charge in [0.15, 0.2) is 4.34 Å². The summed E-state index contributed by atoms with van der Waals surface area (Å²) in [5.74, 6) is 1.21. The van der Waals surface area contributed by atoms with Gasteiger partial charge >= 0.3 is 0 Å². The highest BCUT2D eigenvalue weighted by Gasteiger charge is 2.06. The van der Waals surface area contributed by atoms with Crippen LogP contribution in [0.4, 0.5) is 0 Å². The van der Waals surface area contributed by atoms with E-state index in [-0.39, 0.29) is 5.91 Å². The highest BCUT2D eigenvalue weighted by molar-refractivity contribution is 8.01. The fraction of sp³-hybridized carbons (Fsp3) is 0.308. The number of methoxy groups -OCH3 is 1. The minimum absolute atomic E-state index is 0.0000907. The number of nitrogens with zero attached hydrogens (tertiary/aromatic N) is 2. The molecule has 1 N–H and O–H groups in total. The van der Waals surface area contributed by atoms with Gasteiger partial charge in [0.1, 0.15) is 11.3 Å². The molecule has 106 valence electrons. The van der Waals surface area contributed by atoms with Crippen molar-refractivity contribution in [2.24, 2.45) is 0 Å². The minimum Gasteiger partial charge on any atom is -0.496 e. The molecule has 0 radical (unpaired) electrons. The van der Waals surface area contributed by atoms with E-state index in [0.717, 1.165) is 22.1 Å². The Kier molecular flexibility index (Phi) is 5.82. The Labute approximate surface area is 125 Å². The van der Waals surface area contributed by atoms with Crippen LogP contribution in [0.15, 0.2) is 34.1 Å². The molecule has 0 spiro atoms. The van der Waals surface area contributed by atoms with Gasteiger partial charge in [0.2, 0.25) is 5.91 Å². The van der Waals surface area contributed by atoms with Crippen LogP contribution < -0.4 is 10.1 Å². The van der Waals surface area contributed by atoms with Gasteiger partial charge in [0.25, 0.3) is 0 Å². The Morgan fingerprint density at radius 2 is 2.30 bits per heavy atom. The molecule has 5 nitrogen and oxygen atoms in total. The smallest absolute Gasteiger partial charge is 0.230 e. The van der Waals surface area contributed by atoms with Crippen LogP contribution in [-0.4, -0.2) is 35.5 Å². The van der Waals surface area contributed by atoms with Gasteiger partial charge in [-0.1, -0.05) is 41.3 Å². The fourth-order valence-electron chi connectivity index (χ4n) is 1.65. The largest absolute Gasteiger partial charge is 0.496 e. The van der Waals surface area contributed by atoms with Gasteiger partial charge in [0.05, 0.1) is 12.9 Å². The molecule has 0 fully saturated rings. The maximum atomic E-state index is 11.7. The number of para-hydroxylation sites is 1. The zero-order valence-electron chi connectivity index (χ0n) is 11.0. The van der Waals surface area contributed by atoms with E-state index in [0.29, 0.717) is 12.3 Å². The molecule has 2 rings (SSSR count). The van der Waals surface area contributed by atoms with Crippen LogP contribution in [0.5, 0.6) is 5.75 Å². The van der Waals surface area contributed by atoms with Crippen LogP contribution in [0.3, 0.4) is 0 Å². The highest BCUT2D eigenvalue weighted by Crippen LogP contribution is 2.19. The summed E-state index contributed by atoms with van der Waals surface area (Å²) < 4.78 is 6.08. The molecule has 0 aliphatic rings. The zero-order chi connectivity index (χ0) is 14.2. The second-order valence-corrected chi connectivity index (χ2v) is 5.96. The summed E-state index contributed by atoms with van der Waals surface area (Å²) in [4.78, 5) is 11.7. The lowest BCUT2D eigenvalue weighted by Crippen LogP contribution is -2.27. The molecule has 0 saturated carbocycles. The van der Waals surface area contributed by atoms with Crippen molar-refractivity contribution in [1.29, 1.82) is 0 Å². The first-order chi connectivity index (χ1) is 9.79. The van der Waals surface area contributed by atoms with E-state index >= 15 is 0 Å². The van der Waals surface area contributed by atoms with Crippen LogP contribution in [0, 0.1) is 0 Å². The summed E-state index contributed by atoms with van der Waals surface area (Å²) in [6.45, 7) is 0.593. The number of carbonyl (C=O) groups excluding carboxylic acids is 1. The lowest BCUT2D eigenvalue weighted by molar-refractivity contribution is -0.118.